The molecule has 0 spiro atoms. The van der Waals surface area contributed by atoms with E-state index in [2.05, 4.69) is 17.2 Å². The van der Waals surface area contributed by atoms with E-state index in [1.807, 2.05) is 31.2 Å². The van der Waals surface area contributed by atoms with Crippen LogP contribution in [-0.2, 0) is 4.79 Å². The van der Waals surface area contributed by atoms with Crippen LogP contribution in [0.4, 0.5) is 0 Å². The van der Waals surface area contributed by atoms with Gasteiger partial charge in [0.2, 0.25) is 0 Å². The van der Waals surface area contributed by atoms with Crippen LogP contribution < -0.4 is 5.32 Å². The number of Topliss-reactive ketones (excluding diaryl/α,β-unsaturated/α-hetero) is 1. The zero-order valence-electron chi connectivity index (χ0n) is 13.1. The number of aromatic nitrogens is 1. The standard InChI is InChI=1S/C18H22N2O2/c1-11-7-3-5-9-14(11)20-18(22)17(21)16-12(2)19-15-10-6-4-8-13(15)16/h4,6,8,10-11,14,19H,3,5,7,9H2,1-2H3,(H,20,22)/t11-,14+/m0/s1. The number of nitrogens with one attached hydrogen (secondary N) is 2. The second kappa shape index (κ2) is 5.95. The van der Waals surface area contributed by atoms with Gasteiger partial charge in [-0.05, 0) is 31.7 Å². The summed E-state index contributed by atoms with van der Waals surface area (Å²) < 4.78 is 0. The summed E-state index contributed by atoms with van der Waals surface area (Å²) in [6.45, 7) is 3.98. The van der Waals surface area contributed by atoms with E-state index in [-0.39, 0.29) is 6.04 Å². The average molecular weight is 298 g/mol. The minimum absolute atomic E-state index is 0.121. The number of hydrogen-bond acceptors (Lipinski definition) is 2. The molecule has 116 valence electrons. The smallest absolute Gasteiger partial charge is 0.292 e. The van der Waals surface area contributed by atoms with Crippen LogP contribution in [0.3, 0.4) is 0 Å². The maximum Gasteiger partial charge on any atom is 0.292 e. The maximum absolute atomic E-state index is 12.6. The quantitative estimate of drug-likeness (QED) is 0.674. The molecule has 1 fully saturated rings. The van der Waals surface area contributed by atoms with E-state index in [4.69, 9.17) is 0 Å². The lowest BCUT2D eigenvalue weighted by atomic mass is 9.86. The number of ketones is 1. The number of H-pyrrole nitrogens is 1. The Bertz CT molecular complexity index is 717. The number of carbonyl (C=O) groups is 2. The highest BCUT2D eigenvalue weighted by molar-refractivity contribution is 6.45. The maximum atomic E-state index is 12.6. The molecule has 0 radical (unpaired) electrons. The molecule has 1 aliphatic carbocycles. The average Bonchev–Trinajstić information content (AvgIpc) is 2.84. The molecule has 1 amide bonds. The first-order valence-corrected chi connectivity index (χ1v) is 8.00. The first-order chi connectivity index (χ1) is 10.6. The van der Waals surface area contributed by atoms with E-state index >= 15 is 0 Å². The van der Waals surface area contributed by atoms with Crippen LogP contribution in [0.25, 0.3) is 10.9 Å². The van der Waals surface area contributed by atoms with Gasteiger partial charge in [0, 0.05) is 22.6 Å². The molecule has 1 saturated carbocycles. The SMILES string of the molecule is Cc1[nH]c2ccccc2c1C(=O)C(=O)N[C@@H]1CCCC[C@@H]1C. The van der Waals surface area contributed by atoms with Crippen molar-refractivity contribution in [1.29, 1.82) is 0 Å². The van der Waals surface area contributed by atoms with Crippen molar-refractivity contribution in [3.63, 3.8) is 0 Å². The number of aryl methyl sites for hydroxylation is 1. The second-order valence-electron chi connectivity index (χ2n) is 6.34. The Kier molecular flexibility index (Phi) is 4.01. The number of aromatic amines is 1. The summed E-state index contributed by atoms with van der Waals surface area (Å²) in [5.74, 6) is -0.478. The normalized spacial score (nSPS) is 21.7. The molecule has 1 aromatic heterocycles. The minimum atomic E-state index is -0.480. The Labute approximate surface area is 130 Å². The van der Waals surface area contributed by atoms with Crippen LogP contribution in [0.5, 0.6) is 0 Å². The summed E-state index contributed by atoms with van der Waals surface area (Å²) in [5, 5.41) is 3.76. The van der Waals surface area contributed by atoms with E-state index in [1.165, 1.54) is 6.42 Å². The highest BCUT2D eigenvalue weighted by Crippen LogP contribution is 2.25. The number of rotatable bonds is 3. The van der Waals surface area contributed by atoms with Crippen LogP contribution in [0.15, 0.2) is 24.3 Å². The third-order valence-corrected chi connectivity index (χ3v) is 4.75. The Morgan fingerprint density at radius 1 is 1.18 bits per heavy atom. The van der Waals surface area contributed by atoms with Crippen molar-refractivity contribution in [3.8, 4) is 0 Å². The Balaban J connectivity index is 1.83. The first kappa shape index (κ1) is 14.8. The van der Waals surface area contributed by atoms with Gasteiger partial charge in [0.25, 0.3) is 11.7 Å². The fraction of sp³-hybridized carbons (Fsp3) is 0.444. The molecule has 2 atom stereocenters. The van der Waals surface area contributed by atoms with Gasteiger partial charge < -0.3 is 10.3 Å². The molecular formula is C18H22N2O2. The largest absolute Gasteiger partial charge is 0.358 e. The van der Waals surface area contributed by atoms with Crippen LogP contribution in [0, 0.1) is 12.8 Å². The highest BCUT2D eigenvalue weighted by atomic mass is 16.2. The molecule has 2 N–H and O–H groups in total. The summed E-state index contributed by atoms with van der Waals surface area (Å²) in [4.78, 5) is 28.1. The van der Waals surface area contributed by atoms with Crippen LogP contribution in [0.1, 0.15) is 48.7 Å². The second-order valence-corrected chi connectivity index (χ2v) is 6.34. The van der Waals surface area contributed by atoms with Crippen molar-refractivity contribution in [1.82, 2.24) is 10.3 Å². The van der Waals surface area contributed by atoms with Gasteiger partial charge in [-0.3, -0.25) is 9.59 Å². The van der Waals surface area contributed by atoms with Crippen molar-refractivity contribution in [2.75, 3.05) is 0 Å². The number of hydrogen-bond donors (Lipinski definition) is 2. The lowest BCUT2D eigenvalue weighted by molar-refractivity contribution is -0.118. The number of para-hydroxylation sites is 1. The van der Waals surface area contributed by atoms with Crippen molar-refractivity contribution < 1.29 is 9.59 Å². The summed E-state index contributed by atoms with van der Waals surface area (Å²) in [7, 11) is 0. The monoisotopic (exact) mass is 298 g/mol. The number of carbonyl (C=O) groups excluding carboxylic acids is 2. The lowest BCUT2D eigenvalue weighted by Crippen LogP contribution is -2.44. The van der Waals surface area contributed by atoms with Crippen molar-refractivity contribution in [3.05, 3.63) is 35.5 Å². The molecule has 2 aromatic rings. The van der Waals surface area contributed by atoms with Gasteiger partial charge in [-0.1, -0.05) is 38.0 Å². The fourth-order valence-electron chi connectivity index (χ4n) is 3.45. The zero-order chi connectivity index (χ0) is 15.7. The van der Waals surface area contributed by atoms with Gasteiger partial charge in [-0.2, -0.15) is 0 Å². The molecule has 1 aliphatic rings. The number of benzene rings is 1. The first-order valence-electron chi connectivity index (χ1n) is 8.00. The van der Waals surface area contributed by atoms with E-state index in [9.17, 15) is 9.59 Å². The van der Waals surface area contributed by atoms with E-state index in [1.54, 1.807) is 0 Å². The van der Waals surface area contributed by atoms with E-state index in [0.29, 0.717) is 11.5 Å². The summed E-state index contributed by atoms with van der Waals surface area (Å²) in [6.07, 6.45) is 4.41. The molecule has 1 aromatic carbocycles. The van der Waals surface area contributed by atoms with Crippen LogP contribution >= 0.6 is 0 Å². The van der Waals surface area contributed by atoms with Gasteiger partial charge in [-0.15, -0.1) is 0 Å². The van der Waals surface area contributed by atoms with Gasteiger partial charge in [0.05, 0.1) is 5.56 Å². The molecule has 4 heteroatoms. The molecule has 1 heterocycles. The van der Waals surface area contributed by atoms with Crippen molar-refractivity contribution in [2.45, 2.75) is 45.6 Å². The highest BCUT2D eigenvalue weighted by Gasteiger charge is 2.28. The molecule has 0 bridgehead atoms. The van der Waals surface area contributed by atoms with Crippen molar-refractivity contribution in [2.24, 2.45) is 5.92 Å². The summed E-state index contributed by atoms with van der Waals surface area (Å²) in [5.41, 5.74) is 2.14. The van der Waals surface area contributed by atoms with Gasteiger partial charge in [-0.25, -0.2) is 0 Å². The number of amides is 1. The predicted octanol–water partition coefficient (Wildman–Crippen LogP) is 3.35. The number of fused-ring (bicyclic) bond motifs is 1. The van der Waals surface area contributed by atoms with Crippen LogP contribution in [0.2, 0.25) is 0 Å². The third kappa shape index (κ3) is 2.65. The van der Waals surface area contributed by atoms with E-state index in [0.717, 1.165) is 35.9 Å². The zero-order valence-corrected chi connectivity index (χ0v) is 13.1. The minimum Gasteiger partial charge on any atom is -0.358 e. The Hall–Kier alpha value is -2.10. The molecule has 3 rings (SSSR count). The topological polar surface area (TPSA) is 62.0 Å². The van der Waals surface area contributed by atoms with Gasteiger partial charge >= 0.3 is 0 Å². The molecule has 4 nitrogen and oxygen atoms in total. The molecule has 0 saturated heterocycles. The van der Waals surface area contributed by atoms with Crippen LogP contribution in [-0.4, -0.2) is 22.7 Å². The third-order valence-electron chi connectivity index (χ3n) is 4.75. The molecule has 0 aliphatic heterocycles. The Morgan fingerprint density at radius 3 is 2.68 bits per heavy atom. The summed E-state index contributed by atoms with van der Waals surface area (Å²) >= 11 is 0. The lowest BCUT2D eigenvalue weighted by Gasteiger charge is -2.29. The Morgan fingerprint density at radius 2 is 1.91 bits per heavy atom. The van der Waals surface area contributed by atoms with E-state index < -0.39 is 11.7 Å². The molecule has 22 heavy (non-hydrogen) atoms. The molecular weight excluding hydrogens is 276 g/mol. The molecule has 0 unspecified atom stereocenters. The predicted molar refractivity (Wildman–Crippen MR) is 86.9 cm³/mol. The summed E-state index contributed by atoms with van der Waals surface area (Å²) in [6, 6.07) is 7.71. The van der Waals surface area contributed by atoms with Crippen molar-refractivity contribution >= 4 is 22.6 Å². The van der Waals surface area contributed by atoms with Gasteiger partial charge in [0.1, 0.15) is 0 Å². The fourth-order valence-corrected chi connectivity index (χ4v) is 3.45. The van der Waals surface area contributed by atoms with Gasteiger partial charge in [0.15, 0.2) is 0 Å².